The quantitative estimate of drug-likeness (QED) is 0.244. The molecule has 0 aromatic carbocycles. The normalized spacial score (nSPS) is 16.7. The molecule has 1 fully saturated rings. The number of nitrogen functional groups attached to an aromatic ring is 2. The van der Waals surface area contributed by atoms with E-state index in [1.165, 1.54) is 24.9 Å². The Morgan fingerprint density at radius 2 is 1.62 bits per heavy atom. The molecule has 1 saturated heterocycles. The molecule has 1 aliphatic rings. The molecular formula is C17H30BrN9O5. The van der Waals surface area contributed by atoms with Gasteiger partial charge in [-0.25, -0.2) is 14.4 Å². The van der Waals surface area contributed by atoms with Gasteiger partial charge in [-0.3, -0.25) is 15.3 Å². The highest BCUT2D eigenvalue weighted by atomic mass is 79.9. The lowest BCUT2D eigenvalue weighted by molar-refractivity contribution is 0.0519. The summed E-state index contributed by atoms with van der Waals surface area (Å²) < 4.78 is 2.50. The number of aromatic nitrogens is 4. The van der Waals surface area contributed by atoms with Crippen LogP contribution >= 0.6 is 15.9 Å². The summed E-state index contributed by atoms with van der Waals surface area (Å²) in [6.07, 6.45) is 1.83. The van der Waals surface area contributed by atoms with Crippen LogP contribution in [0.15, 0.2) is 28.0 Å². The molecule has 180 valence electrons. The molecule has 0 radical (unpaired) electrons. The van der Waals surface area contributed by atoms with Crippen LogP contribution in [-0.2, 0) is 14.1 Å². The van der Waals surface area contributed by atoms with Crippen molar-refractivity contribution in [2.45, 2.75) is 25.9 Å². The SMILES string of the molecule is C.C.CN1C(=O)NC(=N)C(Br)C1O.Cn1cc(O)c(N)nc1=O.Cn1ccc(N)nc1=O. The number of aromatic hydroxyl groups is 1. The van der Waals surface area contributed by atoms with Gasteiger partial charge in [-0.15, -0.1) is 0 Å². The Bertz CT molecular complexity index is 1020. The monoisotopic (exact) mass is 519 g/mol. The third-order valence-electron chi connectivity index (χ3n) is 3.59. The van der Waals surface area contributed by atoms with Gasteiger partial charge in [-0.05, 0) is 6.07 Å². The average Bonchev–Trinajstić information content (AvgIpc) is 2.67. The first kappa shape index (κ1) is 30.7. The fourth-order valence-corrected chi connectivity index (χ4v) is 2.23. The summed E-state index contributed by atoms with van der Waals surface area (Å²) in [6.45, 7) is 0. The molecule has 0 spiro atoms. The molecule has 2 aromatic rings. The molecule has 3 rings (SSSR count). The molecule has 2 unspecified atom stereocenters. The first-order valence-electron chi connectivity index (χ1n) is 8.10. The molecule has 0 bridgehead atoms. The number of carbonyl (C=O) groups excluding carboxylic acids is 1. The van der Waals surface area contributed by atoms with E-state index in [1.54, 1.807) is 19.3 Å². The van der Waals surface area contributed by atoms with Crippen molar-refractivity contribution in [3.8, 4) is 5.75 Å². The number of carbonyl (C=O) groups is 1. The van der Waals surface area contributed by atoms with E-state index in [9.17, 15) is 19.5 Å². The number of amidine groups is 1. The molecule has 8 N–H and O–H groups in total. The van der Waals surface area contributed by atoms with Crippen molar-refractivity contribution in [2.24, 2.45) is 14.1 Å². The molecule has 2 aromatic heterocycles. The van der Waals surface area contributed by atoms with Crippen molar-refractivity contribution >= 4 is 39.4 Å². The minimum absolute atomic E-state index is 0. The topological polar surface area (TPSA) is 218 Å². The Labute approximate surface area is 193 Å². The Hall–Kier alpha value is -3.46. The van der Waals surface area contributed by atoms with E-state index >= 15 is 0 Å². The van der Waals surface area contributed by atoms with Gasteiger partial charge in [0.1, 0.15) is 22.7 Å². The van der Waals surface area contributed by atoms with Gasteiger partial charge >= 0.3 is 17.4 Å². The summed E-state index contributed by atoms with van der Waals surface area (Å²) >= 11 is 3.06. The fraction of sp³-hybridized carbons (Fsp3) is 0.412. The first-order valence-corrected chi connectivity index (χ1v) is 9.02. The van der Waals surface area contributed by atoms with E-state index in [4.69, 9.17) is 22.0 Å². The van der Waals surface area contributed by atoms with Crippen LogP contribution in [0.25, 0.3) is 0 Å². The van der Waals surface area contributed by atoms with Gasteiger partial charge in [0.05, 0.1) is 6.20 Å². The molecule has 3 heterocycles. The number of halogens is 1. The minimum Gasteiger partial charge on any atom is -0.503 e. The number of hydrogen-bond donors (Lipinski definition) is 6. The van der Waals surface area contributed by atoms with Crippen LogP contribution in [-0.4, -0.2) is 64.2 Å². The summed E-state index contributed by atoms with van der Waals surface area (Å²) in [5, 5.41) is 27.6. The molecular weight excluding hydrogens is 490 g/mol. The Balaban J connectivity index is 0. The van der Waals surface area contributed by atoms with Crippen molar-refractivity contribution in [3.63, 3.8) is 0 Å². The number of rotatable bonds is 0. The smallest absolute Gasteiger partial charge is 0.349 e. The molecule has 0 saturated carbocycles. The molecule has 15 heteroatoms. The third-order valence-corrected chi connectivity index (χ3v) is 4.52. The van der Waals surface area contributed by atoms with Crippen LogP contribution in [0.4, 0.5) is 16.4 Å². The second-order valence-corrected chi connectivity index (χ2v) is 6.91. The van der Waals surface area contributed by atoms with Gasteiger partial charge in [-0.2, -0.15) is 9.97 Å². The van der Waals surface area contributed by atoms with Gasteiger partial charge in [0.2, 0.25) is 0 Å². The summed E-state index contributed by atoms with van der Waals surface area (Å²) in [5.41, 5.74) is 9.52. The van der Waals surface area contributed by atoms with Crippen LogP contribution in [0.3, 0.4) is 0 Å². The highest BCUT2D eigenvalue weighted by Gasteiger charge is 2.33. The van der Waals surface area contributed by atoms with Crippen LogP contribution in [0.1, 0.15) is 14.9 Å². The molecule has 32 heavy (non-hydrogen) atoms. The van der Waals surface area contributed by atoms with E-state index in [2.05, 4.69) is 31.2 Å². The van der Waals surface area contributed by atoms with Crippen LogP contribution in [0.2, 0.25) is 0 Å². The Morgan fingerprint density at radius 3 is 2.09 bits per heavy atom. The molecule has 2 atom stereocenters. The maximum absolute atomic E-state index is 10.9. The zero-order valence-electron chi connectivity index (χ0n) is 16.3. The third kappa shape index (κ3) is 8.35. The number of aliphatic hydroxyl groups excluding tert-OH is 1. The van der Waals surface area contributed by atoms with Crippen LogP contribution in [0, 0.1) is 5.41 Å². The Morgan fingerprint density at radius 1 is 1.09 bits per heavy atom. The van der Waals surface area contributed by atoms with Crippen molar-refractivity contribution in [3.05, 3.63) is 39.4 Å². The largest absolute Gasteiger partial charge is 0.503 e. The predicted octanol–water partition coefficient (Wildman–Crippen LogP) is -0.597. The number of amides is 2. The standard InChI is InChI=1S/C5H8BrN3O2.C5H7N3O2.C5H7N3O.2CH4/c1-9-4(10)2(6)3(7)8-5(9)11;1-8-2-3(9)4(6)7-5(8)10;1-8-3-2-4(6)7-5(8)9;;/h2,4,10H,1H3,(H2,7,8,11);2,9H,1H3,(H2,6,7,10);2-3H,1H3,(H2,6,7,9);2*1H4. The van der Waals surface area contributed by atoms with E-state index in [-0.39, 0.29) is 43.8 Å². The minimum atomic E-state index is -0.962. The van der Waals surface area contributed by atoms with Gasteiger partial charge in [0, 0.05) is 27.3 Å². The first-order chi connectivity index (χ1) is 13.8. The number of aryl methyl sites for hydroxylation is 2. The second kappa shape index (κ2) is 13.1. The lowest BCUT2D eigenvalue weighted by Gasteiger charge is -2.32. The zero-order valence-corrected chi connectivity index (χ0v) is 17.9. The van der Waals surface area contributed by atoms with Gasteiger partial charge in [-0.1, -0.05) is 30.8 Å². The average molecular weight is 520 g/mol. The van der Waals surface area contributed by atoms with E-state index in [1.807, 2.05) is 0 Å². The van der Waals surface area contributed by atoms with Crippen molar-refractivity contribution in [1.29, 1.82) is 5.41 Å². The van der Waals surface area contributed by atoms with E-state index in [0.717, 1.165) is 9.47 Å². The fourth-order valence-electron chi connectivity index (χ4n) is 1.76. The number of nitrogens with two attached hydrogens (primary N) is 2. The molecule has 14 nitrogen and oxygen atoms in total. The lowest BCUT2D eigenvalue weighted by atomic mass is 10.3. The van der Waals surface area contributed by atoms with Crippen molar-refractivity contribution in [2.75, 3.05) is 18.5 Å². The number of alkyl halides is 1. The summed E-state index contributed by atoms with van der Waals surface area (Å²) in [5.74, 6) is -0.0658. The number of nitrogens with zero attached hydrogens (tertiary/aromatic N) is 5. The highest BCUT2D eigenvalue weighted by molar-refractivity contribution is 9.10. The van der Waals surface area contributed by atoms with Crippen LogP contribution < -0.4 is 28.2 Å². The van der Waals surface area contributed by atoms with E-state index < -0.39 is 22.8 Å². The maximum Gasteiger partial charge on any atom is 0.349 e. The Kier molecular flexibility index (Phi) is 12.5. The van der Waals surface area contributed by atoms with Gasteiger partial charge in [0.25, 0.3) is 0 Å². The summed E-state index contributed by atoms with van der Waals surface area (Å²) in [6, 6.07) is 1.11. The second-order valence-electron chi connectivity index (χ2n) is 5.92. The zero-order chi connectivity index (χ0) is 23.2. The predicted molar refractivity (Wildman–Crippen MR) is 126 cm³/mol. The number of aliphatic hydroxyl groups is 1. The van der Waals surface area contributed by atoms with Gasteiger partial charge in [0.15, 0.2) is 11.6 Å². The van der Waals surface area contributed by atoms with Crippen LogP contribution in [0.5, 0.6) is 5.75 Å². The van der Waals surface area contributed by atoms with Crippen molar-refractivity contribution < 1.29 is 15.0 Å². The lowest BCUT2D eigenvalue weighted by Crippen LogP contribution is -2.59. The number of nitrogens with one attached hydrogen (secondary N) is 2. The number of anilines is 2. The van der Waals surface area contributed by atoms with Gasteiger partial charge < -0.3 is 31.1 Å². The molecule has 1 aliphatic heterocycles. The van der Waals surface area contributed by atoms with Crippen molar-refractivity contribution in [1.82, 2.24) is 29.3 Å². The van der Waals surface area contributed by atoms with E-state index in [0.29, 0.717) is 0 Å². The molecule has 2 amide bonds. The maximum atomic E-state index is 10.9. The molecule has 0 aliphatic carbocycles. The number of urea groups is 1. The summed E-state index contributed by atoms with van der Waals surface area (Å²) in [7, 11) is 4.56. The number of hydrogen-bond acceptors (Lipinski definition) is 10. The highest BCUT2D eigenvalue weighted by Crippen LogP contribution is 2.13. The summed E-state index contributed by atoms with van der Waals surface area (Å²) in [4.78, 5) is 39.5.